The minimum atomic E-state index is 0.213. The average molecular weight is 198 g/mol. The van der Waals surface area contributed by atoms with Crippen molar-refractivity contribution in [2.24, 2.45) is 5.41 Å². The van der Waals surface area contributed by atoms with Crippen LogP contribution in [-0.4, -0.2) is 23.2 Å². The van der Waals surface area contributed by atoms with Gasteiger partial charge in [0.25, 0.3) is 0 Å². The smallest absolute Gasteiger partial charge is 0.0794 e. The van der Waals surface area contributed by atoms with E-state index in [0.29, 0.717) is 6.61 Å². The summed E-state index contributed by atoms with van der Waals surface area (Å²) in [6.07, 6.45) is 4.22. The summed E-state index contributed by atoms with van der Waals surface area (Å²) in [5.74, 6) is 0. The Balaban J connectivity index is 1.70. The molecule has 1 saturated carbocycles. The summed E-state index contributed by atoms with van der Waals surface area (Å²) in [6.45, 7) is 2.14. The van der Waals surface area contributed by atoms with Gasteiger partial charge in [-0.05, 0) is 12.8 Å². The molecular weight excluding hydrogens is 184 g/mol. The fourth-order valence-corrected chi connectivity index (χ4v) is 1.91. The summed E-state index contributed by atoms with van der Waals surface area (Å²) in [6, 6.07) is 0. The second-order valence-corrected chi connectivity index (χ2v) is 4.70. The molecule has 1 aliphatic carbocycles. The quantitative estimate of drug-likeness (QED) is 0.742. The van der Waals surface area contributed by atoms with Crippen molar-refractivity contribution in [2.75, 3.05) is 13.2 Å². The van der Waals surface area contributed by atoms with Crippen LogP contribution < -0.4 is 5.32 Å². The molecule has 0 aromatic carbocycles. The molecule has 72 valence electrons. The highest BCUT2D eigenvalue weighted by molar-refractivity contribution is 7.09. The predicted molar refractivity (Wildman–Crippen MR) is 52.6 cm³/mol. The summed E-state index contributed by atoms with van der Waals surface area (Å²) in [5.41, 5.74) is 2.06. The van der Waals surface area contributed by atoms with E-state index in [1.165, 1.54) is 17.7 Å². The van der Waals surface area contributed by atoms with Crippen LogP contribution in [0, 0.1) is 5.41 Å². The van der Waals surface area contributed by atoms with Crippen molar-refractivity contribution in [3.05, 3.63) is 16.6 Å². The number of aliphatic hydroxyl groups excluding tert-OH is 1. The van der Waals surface area contributed by atoms with Gasteiger partial charge in [0.05, 0.1) is 5.51 Å². The zero-order valence-electron chi connectivity index (χ0n) is 7.49. The monoisotopic (exact) mass is 198 g/mol. The maximum Gasteiger partial charge on any atom is 0.0794 e. The molecule has 1 fully saturated rings. The highest BCUT2D eigenvalue weighted by Crippen LogP contribution is 2.44. The number of nitrogens with one attached hydrogen (secondary N) is 1. The maximum absolute atomic E-state index is 9.06. The Morgan fingerprint density at radius 3 is 3.00 bits per heavy atom. The van der Waals surface area contributed by atoms with Gasteiger partial charge in [0.15, 0.2) is 0 Å². The molecule has 0 amide bonds. The van der Waals surface area contributed by atoms with E-state index in [4.69, 9.17) is 5.11 Å². The van der Waals surface area contributed by atoms with Crippen LogP contribution in [0.15, 0.2) is 11.7 Å². The molecule has 0 unspecified atom stereocenters. The third kappa shape index (κ3) is 2.27. The Kier molecular flexibility index (Phi) is 2.62. The van der Waals surface area contributed by atoms with Crippen LogP contribution in [0.4, 0.5) is 0 Å². The average Bonchev–Trinajstić information content (AvgIpc) is 2.74. The highest BCUT2D eigenvalue weighted by atomic mass is 32.1. The Bertz CT molecular complexity index is 257. The van der Waals surface area contributed by atoms with Crippen molar-refractivity contribution in [3.63, 3.8) is 0 Å². The zero-order chi connectivity index (χ0) is 9.15. The Hall–Kier alpha value is -0.450. The summed E-state index contributed by atoms with van der Waals surface area (Å²) >= 11 is 1.67. The molecule has 4 heteroatoms. The lowest BCUT2D eigenvalue weighted by atomic mass is 10.1. The first-order chi connectivity index (χ1) is 6.35. The van der Waals surface area contributed by atoms with Crippen LogP contribution in [0.25, 0.3) is 0 Å². The van der Waals surface area contributed by atoms with Gasteiger partial charge in [-0.1, -0.05) is 0 Å². The summed E-state index contributed by atoms with van der Waals surface area (Å²) in [5, 5.41) is 12.4. The van der Waals surface area contributed by atoms with E-state index in [1.807, 2.05) is 11.7 Å². The van der Waals surface area contributed by atoms with Crippen molar-refractivity contribution in [3.8, 4) is 0 Å². The Morgan fingerprint density at radius 1 is 1.62 bits per heavy atom. The lowest BCUT2D eigenvalue weighted by Gasteiger charge is -2.11. The molecule has 1 heterocycles. The molecular formula is C9H14N2OS. The van der Waals surface area contributed by atoms with Crippen molar-refractivity contribution < 1.29 is 5.11 Å². The van der Waals surface area contributed by atoms with Crippen molar-refractivity contribution >= 4 is 11.3 Å². The van der Waals surface area contributed by atoms with Gasteiger partial charge in [-0.2, -0.15) is 0 Å². The summed E-state index contributed by atoms with van der Waals surface area (Å²) in [4.78, 5) is 5.26. The van der Waals surface area contributed by atoms with E-state index in [2.05, 4.69) is 10.3 Å². The van der Waals surface area contributed by atoms with Crippen LogP contribution in [-0.2, 0) is 6.54 Å². The van der Waals surface area contributed by atoms with Crippen molar-refractivity contribution in [1.29, 1.82) is 0 Å². The predicted octanol–water partition coefficient (Wildman–Crippen LogP) is 1.01. The van der Waals surface area contributed by atoms with Gasteiger partial charge < -0.3 is 10.4 Å². The molecule has 0 spiro atoms. The van der Waals surface area contributed by atoms with Crippen molar-refractivity contribution in [1.82, 2.24) is 10.3 Å². The highest BCUT2D eigenvalue weighted by Gasteiger charge is 2.41. The van der Waals surface area contributed by atoms with E-state index in [1.54, 1.807) is 11.3 Å². The van der Waals surface area contributed by atoms with E-state index >= 15 is 0 Å². The molecule has 13 heavy (non-hydrogen) atoms. The zero-order valence-corrected chi connectivity index (χ0v) is 8.31. The molecule has 1 aliphatic rings. The molecule has 0 aliphatic heterocycles. The second kappa shape index (κ2) is 3.74. The molecule has 0 bridgehead atoms. The van der Waals surface area contributed by atoms with Gasteiger partial charge in [-0.3, -0.25) is 4.98 Å². The number of aromatic nitrogens is 1. The number of aliphatic hydroxyl groups is 1. The lowest BCUT2D eigenvalue weighted by molar-refractivity contribution is 0.207. The van der Waals surface area contributed by atoms with E-state index < -0.39 is 0 Å². The first-order valence-corrected chi connectivity index (χ1v) is 5.42. The van der Waals surface area contributed by atoms with E-state index in [0.717, 1.165) is 13.1 Å². The third-order valence-electron chi connectivity index (χ3n) is 2.58. The molecule has 0 atom stereocenters. The SMILES string of the molecule is OCC1(CNCc2cncs2)CC1. The first kappa shape index (κ1) is 9.12. The van der Waals surface area contributed by atoms with Gasteiger partial charge in [0, 0.05) is 36.2 Å². The summed E-state index contributed by atoms with van der Waals surface area (Å²) in [7, 11) is 0. The topological polar surface area (TPSA) is 45.1 Å². The maximum atomic E-state index is 9.06. The molecule has 1 aromatic heterocycles. The molecule has 0 saturated heterocycles. The minimum absolute atomic E-state index is 0.213. The van der Waals surface area contributed by atoms with Gasteiger partial charge in [0.2, 0.25) is 0 Å². The number of thiazole rings is 1. The van der Waals surface area contributed by atoms with Gasteiger partial charge in [0.1, 0.15) is 0 Å². The summed E-state index contributed by atoms with van der Waals surface area (Å²) < 4.78 is 0. The standard InChI is InChI=1S/C9H14N2OS/c12-6-9(1-2-9)5-10-3-8-4-11-7-13-8/h4,7,10,12H,1-3,5-6H2. The number of hydrogen-bond acceptors (Lipinski definition) is 4. The first-order valence-electron chi connectivity index (χ1n) is 4.54. The second-order valence-electron chi connectivity index (χ2n) is 3.73. The van der Waals surface area contributed by atoms with Crippen LogP contribution in [0.5, 0.6) is 0 Å². The van der Waals surface area contributed by atoms with Gasteiger partial charge >= 0.3 is 0 Å². The normalized spacial score (nSPS) is 18.8. The van der Waals surface area contributed by atoms with Crippen LogP contribution in [0.3, 0.4) is 0 Å². The fraction of sp³-hybridized carbons (Fsp3) is 0.667. The van der Waals surface area contributed by atoms with E-state index in [9.17, 15) is 0 Å². The Morgan fingerprint density at radius 2 is 2.46 bits per heavy atom. The molecule has 0 radical (unpaired) electrons. The number of nitrogens with zero attached hydrogens (tertiary/aromatic N) is 1. The Labute approximate surface area is 81.8 Å². The minimum Gasteiger partial charge on any atom is -0.396 e. The lowest BCUT2D eigenvalue weighted by Crippen LogP contribution is -2.25. The van der Waals surface area contributed by atoms with Crippen LogP contribution in [0.2, 0.25) is 0 Å². The fourth-order valence-electron chi connectivity index (χ4n) is 1.35. The molecule has 3 nitrogen and oxygen atoms in total. The van der Waals surface area contributed by atoms with Crippen LogP contribution in [0.1, 0.15) is 17.7 Å². The van der Waals surface area contributed by atoms with E-state index in [-0.39, 0.29) is 5.41 Å². The van der Waals surface area contributed by atoms with Crippen molar-refractivity contribution in [2.45, 2.75) is 19.4 Å². The number of hydrogen-bond donors (Lipinski definition) is 2. The molecule has 1 aromatic rings. The largest absolute Gasteiger partial charge is 0.396 e. The van der Waals surface area contributed by atoms with Gasteiger partial charge in [-0.15, -0.1) is 11.3 Å². The molecule has 2 rings (SSSR count). The third-order valence-corrected chi connectivity index (χ3v) is 3.35. The van der Waals surface area contributed by atoms with Crippen LogP contribution >= 0.6 is 11.3 Å². The molecule has 2 N–H and O–H groups in total. The number of rotatable bonds is 5. The van der Waals surface area contributed by atoms with Gasteiger partial charge in [-0.25, -0.2) is 0 Å².